The summed E-state index contributed by atoms with van der Waals surface area (Å²) in [4.78, 5) is 0. The van der Waals surface area contributed by atoms with Crippen molar-refractivity contribution in [2.24, 2.45) is 0 Å². The first-order valence-electron chi connectivity index (χ1n) is 4.73. The van der Waals surface area contributed by atoms with Crippen LogP contribution in [0.15, 0.2) is 12.1 Å². The Bertz CT molecular complexity index is 392. The van der Waals surface area contributed by atoms with Crippen molar-refractivity contribution >= 4 is 23.0 Å². The van der Waals surface area contributed by atoms with Crippen LogP contribution >= 0.6 is 12.2 Å². The first-order valence-corrected chi connectivity index (χ1v) is 5.13. The van der Waals surface area contributed by atoms with Crippen molar-refractivity contribution in [2.45, 2.75) is 0 Å². The fourth-order valence-electron chi connectivity index (χ4n) is 1.09. The second-order valence-corrected chi connectivity index (χ2v) is 3.53. The topological polar surface area (TPSA) is 33.3 Å². The van der Waals surface area contributed by atoms with Crippen LogP contribution in [0.3, 0.4) is 0 Å². The molecule has 0 spiro atoms. The van der Waals surface area contributed by atoms with E-state index in [2.05, 4.69) is 10.6 Å². The van der Waals surface area contributed by atoms with Gasteiger partial charge < -0.3 is 15.4 Å². The molecule has 0 unspecified atom stereocenters. The number of halogens is 3. The van der Waals surface area contributed by atoms with Crippen molar-refractivity contribution in [1.82, 2.24) is 5.32 Å². The van der Waals surface area contributed by atoms with Gasteiger partial charge in [-0.25, -0.2) is 13.2 Å². The summed E-state index contributed by atoms with van der Waals surface area (Å²) in [6, 6.07) is 1.15. The highest BCUT2D eigenvalue weighted by Gasteiger charge is 2.12. The van der Waals surface area contributed by atoms with Gasteiger partial charge in [0.1, 0.15) is 11.5 Å². The van der Waals surface area contributed by atoms with E-state index in [1.165, 1.54) is 7.11 Å². The van der Waals surface area contributed by atoms with Gasteiger partial charge in [0, 0.05) is 25.8 Å². The highest BCUT2D eigenvalue weighted by molar-refractivity contribution is 7.80. The molecule has 0 aliphatic rings. The molecule has 0 amide bonds. The summed E-state index contributed by atoms with van der Waals surface area (Å²) in [6.07, 6.45) is 0. The fraction of sp³-hybridized carbons (Fsp3) is 0.300. The van der Waals surface area contributed by atoms with E-state index < -0.39 is 23.1 Å². The Morgan fingerprint density at radius 2 is 1.88 bits per heavy atom. The summed E-state index contributed by atoms with van der Waals surface area (Å²) in [5, 5.41) is 5.02. The highest BCUT2D eigenvalue weighted by Crippen LogP contribution is 2.19. The summed E-state index contributed by atoms with van der Waals surface area (Å²) >= 11 is 4.80. The molecule has 0 bridgehead atoms. The number of nitrogens with one attached hydrogen (secondary N) is 2. The molecule has 0 radical (unpaired) electrons. The largest absolute Gasteiger partial charge is 0.383 e. The number of anilines is 1. The summed E-state index contributed by atoms with van der Waals surface area (Å²) in [6.45, 7) is 0.795. The van der Waals surface area contributed by atoms with E-state index in [1.807, 2.05) is 0 Å². The normalized spacial score (nSPS) is 10.1. The zero-order valence-corrected chi connectivity index (χ0v) is 9.84. The molecular weight excluding hydrogens is 253 g/mol. The zero-order chi connectivity index (χ0) is 12.8. The van der Waals surface area contributed by atoms with Crippen LogP contribution in [0.25, 0.3) is 0 Å². The number of ether oxygens (including phenoxy) is 1. The average Bonchev–Trinajstić information content (AvgIpc) is 2.24. The fourth-order valence-corrected chi connectivity index (χ4v) is 1.29. The van der Waals surface area contributed by atoms with Crippen LogP contribution in [0.1, 0.15) is 0 Å². The van der Waals surface area contributed by atoms with Gasteiger partial charge in [0.15, 0.2) is 16.7 Å². The van der Waals surface area contributed by atoms with Crippen molar-refractivity contribution in [3.05, 3.63) is 29.6 Å². The van der Waals surface area contributed by atoms with E-state index in [0.717, 1.165) is 0 Å². The molecule has 1 aromatic rings. The molecule has 0 fully saturated rings. The van der Waals surface area contributed by atoms with Crippen LogP contribution in [0.4, 0.5) is 18.9 Å². The molecule has 94 valence electrons. The number of hydrogen-bond donors (Lipinski definition) is 2. The third kappa shape index (κ3) is 4.20. The maximum absolute atomic E-state index is 13.2. The number of thiocarbonyl (C=S) groups is 1. The molecule has 2 N–H and O–H groups in total. The van der Waals surface area contributed by atoms with Gasteiger partial charge in [0.2, 0.25) is 0 Å². The molecule has 0 saturated heterocycles. The summed E-state index contributed by atoms with van der Waals surface area (Å²) in [7, 11) is 1.51. The first kappa shape index (κ1) is 13.7. The molecule has 0 aliphatic carbocycles. The molecule has 0 aromatic heterocycles. The quantitative estimate of drug-likeness (QED) is 0.644. The van der Waals surface area contributed by atoms with Gasteiger partial charge in [-0.2, -0.15) is 0 Å². The van der Waals surface area contributed by atoms with Crippen LogP contribution in [0, 0.1) is 17.5 Å². The third-order valence-electron chi connectivity index (χ3n) is 1.84. The lowest BCUT2D eigenvalue weighted by Crippen LogP contribution is -2.31. The van der Waals surface area contributed by atoms with Crippen LogP contribution < -0.4 is 10.6 Å². The van der Waals surface area contributed by atoms with Crippen LogP contribution in [0.2, 0.25) is 0 Å². The first-order chi connectivity index (χ1) is 8.04. The summed E-state index contributed by atoms with van der Waals surface area (Å²) in [5.41, 5.74) is -0.485. The van der Waals surface area contributed by atoms with E-state index in [4.69, 9.17) is 17.0 Å². The Hall–Kier alpha value is -1.34. The minimum absolute atomic E-state index is 0.0338. The molecule has 7 heteroatoms. The second kappa shape index (κ2) is 6.41. The van der Waals surface area contributed by atoms with Gasteiger partial charge in [0.25, 0.3) is 0 Å². The van der Waals surface area contributed by atoms with Gasteiger partial charge >= 0.3 is 0 Å². The predicted octanol–water partition coefficient (Wildman–Crippen LogP) is 2.04. The van der Waals surface area contributed by atoms with Crippen molar-refractivity contribution in [3.63, 3.8) is 0 Å². The van der Waals surface area contributed by atoms with E-state index in [9.17, 15) is 13.2 Å². The number of methoxy groups -OCH3 is 1. The Morgan fingerprint density at radius 1 is 1.29 bits per heavy atom. The van der Waals surface area contributed by atoms with Crippen LogP contribution in [-0.2, 0) is 4.74 Å². The molecule has 0 atom stereocenters. The van der Waals surface area contributed by atoms with Gasteiger partial charge in [-0.3, -0.25) is 0 Å². The molecule has 3 nitrogen and oxygen atoms in total. The number of hydrogen-bond acceptors (Lipinski definition) is 2. The van der Waals surface area contributed by atoms with Gasteiger partial charge in [0.05, 0.1) is 6.61 Å². The molecule has 1 rings (SSSR count). The Balaban J connectivity index is 2.65. The molecule has 0 heterocycles. The minimum Gasteiger partial charge on any atom is -0.383 e. The standard InChI is InChI=1S/C10H11F3N2OS/c1-16-3-2-14-10(17)15-9-7(12)4-6(11)5-8(9)13/h4-5H,2-3H2,1H3,(H2,14,15,17). The maximum atomic E-state index is 13.2. The molecule has 0 aliphatic heterocycles. The van der Waals surface area contributed by atoms with E-state index in [-0.39, 0.29) is 5.11 Å². The lowest BCUT2D eigenvalue weighted by molar-refractivity contribution is 0.204. The lowest BCUT2D eigenvalue weighted by Gasteiger charge is -2.11. The maximum Gasteiger partial charge on any atom is 0.171 e. The monoisotopic (exact) mass is 264 g/mol. The van der Waals surface area contributed by atoms with Crippen molar-refractivity contribution < 1.29 is 17.9 Å². The smallest absolute Gasteiger partial charge is 0.171 e. The average molecular weight is 264 g/mol. The van der Waals surface area contributed by atoms with Crippen molar-refractivity contribution in [1.29, 1.82) is 0 Å². The van der Waals surface area contributed by atoms with E-state index in [1.54, 1.807) is 0 Å². The Kier molecular flexibility index (Phi) is 5.17. The number of benzene rings is 1. The van der Waals surface area contributed by atoms with E-state index in [0.29, 0.717) is 25.3 Å². The van der Waals surface area contributed by atoms with E-state index >= 15 is 0 Å². The Morgan fingerprint density at radius 3 is 2.41 bits per heavy atom. The summed E-state index contributed by atoms with van der Waals surface area (Å²) in [5.74, 6) is -3.07. The van der Waals surface area contributed by atoms with Crippen molar-refractivity contribution in [3.8, 4) is 0 Å². The van der Waals surface area contributed by atoms with Crippen molar-refractivity contribution in [2.75, 3.05) is 25.6 Å². The Labute approximate surface area is 102 Å². The predicted molar refractivity (Wildman–Crippen MR) is 62.4 cm³/mol. The third-order valence-corrected chi connectivity index (χ3v) is 2.08. The lowest BCUT2D eigenvalue weighted by atomic mass is 10.3. The SMILES string of the molecule is COCCNC(=S)Nc1c(F)cc(F)cc1F. The van der Waals surface area contributed by atoms with Crippen LogP contribution in [0.5, 0.6) is 0 Å². The highest BCUT2D eigenvalue weighted by atomic mass is 32.1. The van der Waals surface area contributed by atoms with Gasteiger partial charge in [-0.1, -0.05) is 0 Å². The zero-order valence-electron chi connectivity index (χ0n) is 9.02. The number of rotatable bonds is 4. The summed E-state index contributed by atoms with van der Waals surface area (Å²) < 4.78 is 43.8. The second-order valence-electron chi connectivity index (χ2n) is 3.12. The minimum atomic E-state index is -1.04. The van der Waals surface area contributed by atoms with Gasteiger partial charge in [-0.15, -0.1) is 0 Å². The van der Waals surface area contributed by atoms with Gasteiger partial charge in [-0.05, 0) is 12.2 Å². The molecule has 17 heavy (non-hydrogen) atoms. The molecule has 1 aromatic carbocycles. The molecule has 0 saturated carbocycles. The van der Waals surface area contributed by atoms with Crippen LogP contribution in [-0.4, -0.2) is 25.4 Å². The molecular formula is C10H11F3N2OS.